The second-order valence-electron chi connectivity index (χ2n) is 5.87. The number of anilines is 1. The molecule has 0 spiro atoms. The van der Waals surface area contributed by atoms with Gasteiger partial charge in [-0.05, 0) is 38.3 Å². The van der Waals surface area contributed by atoms with Gasteiger partial charge in [-0.1, -0.05) is 0 Å². The first-order valence-electron chi connectivity index (χ1n) is 7.88. The van der Waals surface area contributed by atoms with Crippen LogP contribution in [0.3, 0.4) is 0 Å². The van der Waals surface area contributed by atoms with Gasteiger partial charge in [-0.25, -0.2) is 9.78 Å². The summed E-state index contributed by atoms with van der Waals surface area (Å²) < 4.78 is 0. The molecule has 2 aromatic rings. The second kappa shape index (κ2) is 6.69. The number of urea groups is 1. The number of carbonyl (C=O) groups excluding carboxylic acids is 1. The molecule has 1 fully saturated rings. The van der Waals surface area contributed by atoms with E-state index in [0.717, 1.165) is 25.1 Å². The van der Waals surface area contributed by atoms with Crippen LogP contribution < -0.4 is 5.32 Å². The number of likely N-dealkylation sites (tertiary alicyclic amines) is 1. The maximum atomic E-state index is 12.6. The number of nitrogens with zero attached hydrogens (tertiary/aromatic N) is 3. The first-order chi connectivity index (χ1) is 11.6. The number of piperidine rings is 1. The summed E-state index contributed by atoms with van der Waals surface area (Å²) in [7, 11) is 0. The average Bonchev–Trinajstić information content (AvgIpc) is 3.09. The molecule has 1 saturated heterocycles. The van der Waals surface area contributed by atoms with Crippen LogP contribution in [0.5, 0.6) is 0 Å². The SMILES string of the molecule is Cc1cc(NC(=O)N2CCCC[C@@H]2c2ncc[nH]2)ccc1[N+](=O)[O-]. The van der Waals surface area contributed by atoms with Crippen molar-refractivity contribution in [3.8, 4) is 0 Å². The number of amides is 2. The van der Waals surface area contributed by atoms with Gasteiger partial charge in [-0.3, -0.25) is 10.1 Å². The number of nitro benzene ring substituents is 1. The Kier molecular flexibility index (Phi) is 4.45. The first kappa shape index (κ1) is 16.0. The van der Waals surface area contributed by atoms with Gasteiger partial charge in [-0.15, -0.1) is 0 Å². The normalized spacial score (nSPS) is 17.5. The summed E-state index contributed by atoms with van der Waals surface area (Å²) in [6.45, 7) is 2.31. The third-order valence-electron chi connectivity index (χ3n) is 4.24. The Hall–Kier alpha value is -2.90. The molecule has 1 aromatic carbocycles. The fourth-order valence-electron chi connectivity index (χ4n) is 3.05. The Morgan fingerprint density at radius 2 is 2.29 bits per heavy atom. The summed E-state index contributed by atoms with van der Waals surface area (Å²) in [5.41, 5.74) is 1.10. The minimum atomic E-state index is -0.432. The first-order valence-corrected chi connectivity index (χ1v) is 7.88. The van der Waals surface area contributed by atoms with Crippen LogP contribution >= 0.6 is 0 Å². The molecule has 0 aliphatic carbocycles. The Bertz CT molecular complexity index is 744. The Labute approximate surface area is 139 Å². The van der Waals surface area contributed by atoms with Crippen molar-refractivity contribution < 1.29 is 9.72 Å². The number of nitro groups is 1. The lowest BCUT2D eigenvalue weighted by Crippen LogP contribution is -2.41. The predicted octanol–water partition coefficient (Wildman–Crippen LogP) is 3.39. The van der Waals surface area contributed by atoms with Crippen LogP contribution in [0.15, 0.2) is 30.6 Å². The Morgan fingerprint density at radius 1 is 1.46 bits per heavy atom. The molecule has 1 aromatic heterocycles. The smallest absolute Gasteiger partial charge is 0.322 e. The molecule has 2 heterocycles. The standard InChI is InChI=1S/C16H19N5O3/c1-11-10-12(5-6-13(11)21(23)24)19-16(22)20-9-3-2-4-14(20)15-17-7-8-18-15/h5-8,10,14H,2-4,9H2,1H3,(H,17,18)(H,19,22)/t14-/m1/s1. The molecule has 1 aliphatic heterocycles. The maximum Gasteiger partial charge on any atom is 0.322 e. The third-order valence-corrected chi connectivity index (χ3v) is 4.24. The number of aromatic nitrogens is 2. The van der Waals surface area contributed by atoms with Crippen LogP contribution in [0.2, 0.25) is 0 Å². The molecule has 8 heteroatoms. The van der Waals surface area contributed by atoms with E-state index in [1.807, 2.05) is 0 Å². The molecular weight excluding hydrogens is 310 g/mol. The van der Waals surface area contributed by atoms with E-state index in [2.05, 4.69) is 15.3 Å². The molecule has 8 nitrogen and oxygen atoms in total. The lowest BCUT2D eigenvalue weighted by atomic mass is 10.0. The number of hydrogen-bond donors (Lipinski definition) is 2. The highest BCUT2D eigenvalue weighted by Crippen LogP contribution is 2.29. The zero-order valence-electron chi connectivity index (χ0n) is 13.4. The quantitative estimate of drug-likeness (QED) is 0.665. The van der Waals surface area contributed by atoms with E-state index in [4.69, 9.17) is 0 Å². The summed E-state index contributed by atoms with van der Waals surface area (Å²) in [4.78, 5) is 32.2. The van der Waals surface area contributed by atoms with Gasteiger partial charge in [0, 0.05) is 36.3 Å². The minimum Gasteiger partial charge on any atom is -0.347 e. The van der Waals surface area contributed by atoms with Crippen molar-refractivity contribution in [3.05, 3.63) is 52.1 Å². The van der Waals surface area contributed by atoms with Crippen molar-refractivity contribution >= 4 is 17.4 Å². The van der Waals surface area contributed by atoms with Crippen molar-refractivity contribution in [1.82, 2.24) is 14.9 Å². The summed E-state index contributed by atoms with van der Waals surface area (Å²) >= 11 is 0. The lowest BCUT2D eigenvalue weighted by molar-refractivity contribution is -0.385. The van der Waals surface area contributed by atoms with E-state index >= 15 is 0 Å². The molecule has 0 radical (unpaired) electrons. The van der Waals surface area contributed by atoms with Crippen molar-refractivity contribution in [3.63, 3.8) is 0 Å². The lowest BCUT2D eigenvalue weighted by Gasteiger charge is -2.34. The molecule has 0 bridgehead atoms. The number of imidazole rings is 1. The topological polar surface area (TPSA) is 104 Å². The van der Waals surface area contributed by atoms with Gasteiger partial charge in [0.2, 0.25) is 0 Å². The van der Waals surface area contributed by atoms with E-state index < -0.39 is 4.92 Å². The van der Waals surface area contributed by atoms with Crippen LogP contribution in [0.25, 0.3) is 0 Å². The highest BCUT2D eigenvalue weighted by atomic mass is 16.6. The number of hydrogen-bond acceptors (Lipinski definition) is 4. The van der Waals surface area contributed by atoms with E-state index in [-0.39, 0.29) is 17.8 Å². The van der Waals surface area contributed by atoms with Crippen molar-refractivity contribution in [2.24, 2.45) is 0 Å². The number of nitrogens with one attached hydrogen (secondary N) is 2. The molecule has 24 heavy (non-hydrogen) atoms. The monoisotopic (exact) mass is 329 g/mol. The summed E-state index contributed by atoms with van der Waals surface area (Å²) in [5, 5.41) is 13.7. The minimum absolute atomic E-state index is 0.0411. The van der Waals surface area contributed by atoms with Gasteiger partial charge >= 0.3 is 6.03 Å². The van der Waals surface area contributed by atoms with Crippen LogP contribution in [-0.4, -0.2) is 32.4 Å². The molecule has 0 unspecified atom stereocenters. The van der Waals surface area contributed by atoms with Crippen LogP contribution in [0, 0.1) is 17.0 Å². The zero-order chi connectivity index (χ0) is 17.1. The van der Waals surface area contributed by atoms with Crippen molar-refractivity contribution in [2.45, 2.75) is 32.2 Å². The van der Waals surface area contributed by atoms with Gasteiger partial charge in [0.15, 0.2) is 0 Å². The highest BCUT2D eigenvalue weighted by molar-refractivity contribution is 5.90. The highest BCUT2D eigenvalue weighted by Gasteiger charge is 2.29. The number of benzene rings is 1. The van der Waals surface area contributed by atoms with Crippen LogP contribution in [0.4, 0.5) is 16.2 Å². The van der Waals surface area contributed by atoms with Gasteiger partial charge in [0.05, 0.1) is 11.0 Å². The number of carbonyl (C=O) groups is 1. The largest absolute Gasteiger partial charge is 0.347 e. The van der Waals surface area contributed by atoms with E-state index in [1.165, 1.54) is 6.07 Å². The fourth-order valence-corrected chi connectivity index (χ4v) is 3.05. The van der Waals surface area contributed by atoms with E-state index in [1.54, 1.807) is 36.4 Å². The molecule has 1 atom stereocenters. The van der Waals surface area contributed by atoms with E-state index in [0.29, 0.717) is 17.8 Å². The molecular formula is C16H19N5O3. The number of aryl methyl sites for hydroxylation is 1. The number of rotatable bonds is 3. The van der Waals surface area contributed by atoms with Crippen LogP contribution in [0.1, 0.15) is 36.7 Å². The number of aromatic amines is 1. The summed E-state index contributed by atoms with van der Waals surface area (Å²) in [6, 6.07) is 4.28. The van der Waals surface area contributed by atoms with Gasteiger partial charge in [-0.2, -0.15) is 0 Å². The van der Waals surface area contributed by atoms with Gasteiger partial charge in [0.25, 0.3) is 5.69 Å². The summed E-state index contributed by atoms with van der Waals surface area (Å²) in [6.07, 6.45) is 6.29. The Morgan fingerprint density at radius 3 is 2.96 bits per heavy atom. The van der Waals surface area contributed by atoms with Crippen LogP contribution in [-0.2, 0) is 0 Å². The molecule has 3 rings (SSSR count). The molecule has 0 saturated carbocycles. The molecule has 1 aliphatic rings. The van der Waals surface area contributed by atoms with Crippen molar-refractivity contribution in [1.29, 1.82) is 0 Å². The average molecular weight is 329 g/mol. The van der Waals surface area contributed by atoms with Crippen molar-refractivity contribution in [2.75, 3.05) is 11.9 Å². The third kappa shape index (κ3) is 3.22. The van der Waals surface area contributed by atoms with Gasteiger partial charge < -0.3 is 15.2 Å². The molecule has 126 valence electrons. The molecule has 2 amide bonds. The van der Waals surface area contributed by atoms with E-state index in [9.17, 15) is 14.9 Å². The predicted molar refractivity (Wildman–Crippen MR) is 88.7 cm³/mol. The Balaban J connectivity index is 1.76. The summed E-state index contributed by atoms with van der Waals surface area (Å²) in [5.74, 6) is 0.782. The zero-order valence-corrected chi connectivity index (χ0v) is 13.4. The maximum absolute atomic E-state index is 12.6. The fraction of sp³-hybridized carbons (Fsp3) is 0.375. The van der Waals surface area contributed by atoms with Gasteiger partial charge in [0.1, 0.15) is 5.82 Å². The molecule has 2 N–H and O–H groups in total. The number of H-pyrrole nitrogens is 1. The second-order valence-corrected chi connectivity index (χ2v) is 5.87.